The van der Waals surface area contributed by atoms with Crippen LogP contribution in [0.25, 0.3) is 0 Å². The Bertz CT molecular complexity index is 463. The normalized spacial score (nSPS) is 12.3. The van der Waals surface area contributed by atoms with Gasteiger partial charge in [-0.3, -0.25) is 10.1 Å². The van der Waals surface area contributed by atoms with Gasteiger partial charge in [-0.05, 0) is 18.4 Å². The highest BCUT2D eigenvalue weighted by Gasteiger charge is 2.16. The number of nitro benzene ring substituents is 1. The van der Waals surface area contributed by atoms with E-state index in [9.17, 15) is 10.1 Å². The van der Waals surface area contributed by atoms with Gasteiger partial charge in [-0.2, -0.15) is 0 Å². The summed E-state index contributed by atoms with van der Waals surface area (Å²) in [6, 6.07) is 5.02. The highest BCUT2D eigenvalue weighted by molar-refractivity contribution is 5.58. The molecule has 1 rings (SSSR count). The van der Waals surface area contributed by atoms with Gasteiger partial charge in [0.2, 0.25) is 0 Å². The number of ether oxygens (including phenoxy) is 1. The van der Waals surface area contributed by atoms with Crippen molar-refractivity contribution in [2.45, 2.75) is 26.3 Å². The lowest BCUT2D eigenvalue weighted by atomic mass is 10.0. The first kappa shape index (κ1) is 16.2. The Kier molecular flexibility index (Phi) is 5.76. The number of rotatable bonds is 7. The van der Waals surface area contributed by atoms with Crippen LogP contribution in [0.3, 0.4) is 0 Å². The third-order valence-electron chi connectivity index (χ3n) is 3.45. The first-order chi connectivity index (χ1) is 9.36. The van der Waals surface area contributed by atoms with Crippen molar-refractivity contribution in [3.05, 3.63) is 28.3 Å². The molecule has 6 heteroatoms. The van der Waals surface area contributed by atoms with Gasteiger partial charge in [-0.15, -0.1) is 0 Å². The van der Waals surface area contributed by atoms with Gasteiger partial charge in [-0.1, -0.05) is 13.8 Å². The maximum absolute atomic E-state index is 10.8. The van der Waals surface area contributed by atoms with Crippen molar-refractivity contribution < 1.29 is 9.66 Å². The third kappa shape index (κ3) is 4.09. The van der Waals surface area contributed by atoms with Gasteiger partial charge in [0.05, 0.1) is 12.0 Å². The fourth-order valence-corrected chi connectivity index (χ4v) is 1.86. The zero-order valence-electron chi connectivity index (χ0n) is 12.5. The van der Waals surface area contributed by atoms with Crippen LogP contribution in [0.1, 0.15) is 20.3 Å². The fourth-order valence-electron chi connectivity index (χ4n) is 1.86. The quantitative estimate of drug-likeness (QED) is 0.613. The molecule has 0 fully saturated rings. The summed E-state index contributed by atoms with van der Waals surface area (Å²) in [7, 11) is 3.37. The molecular formula is C14H23N3O3. The molecule has 112 valence electrons. The zero-order chi connectivity index (χ0) is 15.3. The molecule has 0 aliphatic rings. The Morgan fingerprint density at radius 2 is 2.10 bits per heavy atom. The molecule has 0 amide bonds. The largest absolute Gasteiger partial charge is 0.490 e. The first-order valence-corrected chi connectivity index (χ1v) is 6.66. The number of nitrogens with zero attached hydrogens (tertiary/aromatic N) is 2. The molecule has 1 unspecified atom stereocenters. The predicted molar refractivity (Wildman–Crippen MR) is 80.3 cm³/mol. The van der Waals surface area contributed by atoms with Crippen molar-refractivity contribution in [2.24, 2.45) is 11.7 Å². The second kappa shape index (κ2) is 7.09. The number of nitro groups is 1. The first-order valence-electron chi connectivity index (χ1n) is 6.66. The maximum atomic E-state index is 10.8. The van der Waals surface area contributed by atoms with E-state index in [1.54, 1.807) is 12.1 Å². The Hall–Kier alpha value is -1.82. The molecule has 1 aromatic rings. The van der Waals surface area contributed by atoms with Crippen LogP contribution in [0.2, 0.25) is 0 Å². The lowest BCUT2D eigenvalue weighted by Gasteiger charge is -2.23. The molecule has 0 heterocycles. The van der Waals surface area contributed by atoms with Crippen molar-refractivity contribution in [1.29, 1.82) is 0 Å². The number of hydrogen-bond donors (Lipinski definition) is 1. The van der Waals surface area contributed by atoms with Crippen LogP contribution in [0.5, 0.6) is 5.75 Å². The van der Waals surface area contributed by atoms with Crippen LogP contribution >= 0.6 is 0 Å². The van der Waals surface area contributed by atoms with E-state index in [0.29, 0.717) is 5.92 Å². The maximum Gasteiger partial charge on any atom is 0.311 e. The van der Waals surface area contributed by atoms with E-state index in [0.717, 1.165) is 18.7 Å². The number of benzene rings is 1. The summed E-state index contributed by atoms with van der Waals surface area (Å²) in [5, 5.41) is 10.8. The minimum absolute atomic E-state index is 0.0245. The van der Waals surface area contributed by atoms with Crippen molar-refractivity contribution in [1.82, 2.24) is 0 Å². The Morgan fingerprint density at radius 3 is 2.60 bits per heavy atom. The topological polar surface area (TPSA) is 81.6 Å². The molecule has 1 aromatic carbocycles. The summed E-state index contributed by atoms with van der Waals surface area (Å²) in [5.74, 6) is 0.710. The number of hydrogen-bond acceptors (Lipinski definition) is 5. The molecule has 1 atom stereocenters. The molecule has 0 bridgehead atoms. The van der Waals surface area contributed by atoms with Crippen LogP contribution in [-0.2, 0) is 0 Å². The van der Waals surface area contributed by atoms with E-state index >= 15 is 0 Å². The Morgan fingerprint density at radius 1 is 1.45 bits per heavy atom. The molecule has 20 heavy (non-hydrogen) atoms. The molecule has 2 N–H and O–H groups in total. The molecule has 0 aliphatic heterocycles. The van der Waals surface area contributed by atoms with Gasteiger partial charge < -0.3 is 15.4 Å². The van der Waals surface area contributed by atoms with Gasteiger partial charge in [0.15, 0.2) is 5.75 Å². The summed E-state index contributed by atoms with van der Waals surface area (Å²) >= 11 is 0. The molecule has 0 aliphatic carbocycles. The SMILES string of the molecule is COc1cc(N(C)CCC(N)C(C)C)ccc1[N+](=O)[O-]. The van der Waals surface area contributed by atoms with Crippen molar-refractivity contribution in [3.63, 3.8) is 0 Å². The molecule has 0 saturated heterocycles. The highest BCUT2D eigenvalue weighted by atomic mass is 16.6. The summed E-state index contributed by atoms with van der Waals surface area (Å²) in [5.41, 5.74) is 6.88. The number of anilines is 1. The molecular weight excluding hydrogens is 258 g/mol. The van der Waals surface area contributed by atoms with Gasteiger partial charge >= 0.3 is 5.69 Å². The van der Waals surface area contributed by atoms with E-state index in [1.165, 1.54) is 13.2 Å². The third-order valence-corrected chi connectivity index (χ3v) is 3.45. The van der Waals surface area contributed by atoms with E-state index in [1.807, 2.05) is 11.9 Å². The minimum atomic E-state index is -0.447. The van der Waals surface area contributed by atoms with E-state index < -0.39 is 4.92 Å². The van der Waals surface area contributed by atoms with Gasteiger partial charge in [0.1, 0.15) is 0 Å². The van der Waals surface area contributed by atoms with Crippen LogP contribution in [0, 0.1) is 16.0 Å². The van der Waals surface area contributed by atoms with Crippen LogP contribution in [0.15, 0.2) is 18.2 Å². The second-order valence-electron chi connectivity index (χ2n) is 5.23. The van der Waals surface area contributed by atoms with Crippen LogP contribution in [0.4, 0.5) is 11.4 Å². The summed E-state index contributed by atoms with van der Waals surface area (Å²) in [6.07, 6.45) is 0.869. The monoisotopic (exact) mass is 281 g/mol. The van der Waals surface area contributed by atoms with E-state index in [2.05, 4.69) is 13.8 Å². The van der Waals surface area contributed by atoms with Crippen molar-refractivity contribution in [2.75, 3.05) is 25.6 Å². The molecule has 0 aromatic heterocycles. The number of nitrogens with two attached hydrogens (primary N) is 1. The van der Waals surface area contributed by atoms with Crippen LogP contribution in [-0.4, -0.2) is 31.7 Å². The smallest absolute Gasteiger partial charge is 0.311 e. The number of methoxy groups -OCH3 is 1. The summed E-state index contributed by atoms with van der Waals surface area (Å²) < 4.78 is 5.07. The van der Waals surface area contributed by atoms with Crippen molar-refractivity contribution in [3.8, 4) is 5.75 Å². The van der Waals surface area contributed by atoms with Crippen molar-refractivity contribution >= 4 is 11.4 Å². The van der Waals surface area contributed by atoms with Gasteiger partial charge in [0, 0.05) is 37.5 Å². The zero-order valence-corrected chi connectivity index (χ0v) is 12.5. The van der Waals surface area contributed by atoms with Crippen LogP contribution < -0.4 is 15.4 Å². The average molecular weight is 281 g/mol. The average Bonchev–Trinajstić information content (AvgIpc) is 2.43. The van der Waals surface area contributed by atoms with Gasteiger partial charge in [0.25, 0.3) is 0 Å². The van der Waals surface area contributed by atoms with E-state index in [4.69, 9.17) is 10.5 Å². The molecule has 0 spiro atoms. The standard InChI is InChI=1S/C14H23N3O3/c1-10(2)12(15)7-8-16(3)11-5-6-13(17(18)19)14(9-11)20-4/h5-6,9-10,12H,7-8,15H2,1-4H3. The molecule has 0 saturated carbocycles. The van der Waals surface area contributed by atoms with Gasteiger partial charge in [-0.25, -0.2) is 0 Å². The predicted octanol–water partition coefficient (Wildman–Crippen LogP) is 2.41. The Labute approximate surface area is 119 Å². The molecule has 0 radical (unpaired) electrons. The summed E-state index contributed by atoms with van der Waals surface area (Å²) in [4.78, 5) is 12.4. The lowest BCUT2D eigenvalue weighted by Crippen LogP contribution is -2.31. The summed E-state index contributed by atoms with van der Waals surface area (Å²) in [6.45, 7) is 4.99. The van der Waals surface area contributed by atoms with E-state index in [-0.39, 0.29) is 17.5 Å². The fraction of sp³-hybridized carbons (Fsp3) is 0.571. The minimum Gasteiger partial charge on any atom is -0.490 e. The second-order valence-corrected chi connectivity index (χ2v) is 5.23. The highest BCUT2D eigenvalue weighted by Crippen LogP contribution is 2.31. The Balaban J connectivity index is 2.78. The molecule has 6 nitrogen and oxygen atoms in total. The lowest BCUT2D eigenvalue weighted by molar-refractivity contribution is -0.385.